The number of aliphatic hydroxyl groups is 1. The number of aliphatic hydroxyl groups excluding tert-OH is 1. The van der Waals surface area contributed by atoms with Crippen molar-refractivity contribution >= 4 is 40.3 Å². The summed E-state index contributed by atoms with van der Waals surface area (Å²) >= 11 is 11.9. The maximum absolute atomic E-state index is 12.2. The average Bonchev–Trinajstić information content (AvgIpc) is 2.98. The van der Waals surface area contributed by atoms with Crippen LogP contribution in [0.1, 0.15) is 0 Å². The van der Waals surface area contributed by atoms with Crippen LogP contribution in [-0.2, 0) is 13.6 Å². The number of nitrogens with two attached hydrogens (primary N) is 1. The van der Waals surface area contributed by atoms with Gasteiger partial charge < -0.3 is 14.4 Å². The van der Waals surface area contributed by atoms with Crippen molar-refractivity contribution in [2.75, 3.05) is 12.0 Å². The van der Waals surface area contributed by atoms with Crippen LogP contribution in [0, 0.1) is 0 Å². The van der Waals surface area contributed by atoms with Crippen molar-refractivity contribution in [1.82, 2.24) is 19.1 Å². The third-order valence-electron chi connectivity index (χ3n) is 3.85. The molecule has 27 heavy (non-hydrogen) atoms. The molecule has 5 N–H and O–H groups in total. The molecule has 0 amide bonds. The zero-order chi connectivity index (χ0) is 19.7. The smallest absolute Gasteiger partial charge is 0.329 e. The largest absolute Gasteiger partial charge is 0.489 e. The summed E-state index contributed by atoms with van der Waals surface area (Å²) < 4.78 is 8.03. The highest BCUT2D eigenvalue weighted by Crippen LogP contribution is 2.27. The van der Waals surface area contributed by atoms with E-state index in [2.05, 4.69) is 15.4 Å². The minimum Gasteiger partial charge on any atom is -0.489 e. The summed E-state index contributed by atoms with van der Waals surface area (Å²) in [5.41, 5.74) is 1.32. The quantitative estimate of drug-likeness (QED) is 0.339. The van der Waals surface area contributed by atoms with E-state index >= 15 is 0 Å². The van der Waals surface area contributed by atoms with Crippen LogP contribution in [0.3, 0.4) is 0 Å². The van der Waals surface area contributed by atoms with Crippen molar-refractivity contribution < 1.29 is 9.84 Å². The monoisotopic (exact) mass is 414 g/mol. The van der Waals surface area contributed by atoms with Gasteiger partial charge in [0.2, 0.25) is 5.95 Å². The number of fused-ring (bicyclic) bond motifs is 1. The van der Waals surface area contributed by atoms with E-state index in [1.807, 2.05) is 0 Å². The van der Waals surface area contributed by atoms with Crippen LogP contribution in [0.2, 0.25) is 10.0 Å². The fourth-order valence-corrected chi connectivity index (χ4v) is 3.03. The molecule has 3 rings (SSSR count). The maximum atomic E-state index is 12.2. The lowest BCUT2D eigenvalue weighted by Gasteiger charge is -2.15. The second kappa shape index (κ2) is 7.61. The topological polar surface area (TPSA) is 140 Å². The Morgan fingerprint density at radius 2 is 2.15 bits per heavy atom. The van der Waals surface area contributed by atoms with Crippen LogP contribution in [0.5, 0.6) is 5.75 Å². The molecule has 10 nitrogen and oxygen atoms in total. The Morgan fingerprint density at radius 1 is 1.41 bits per heavy atom. The molecule has 1 atom stereocenters. The van der Waals surface area contributed by atoms with E-state index in [1.54, 1.807) is 12.1 Å². The van der Waals surface area contributed by atoms with Gasteiger partial charge in [-0.1, -0.05) is 23.2 Å². The molecular formula is C15H16Cl2N6O4. The van der Waals surface area contributed by atoms with Crippen LogP contribution in [-0.4, -0.2) is 36.9 Å². The number of halogens is 2. The van der Waals surface area contributed by atoms with Gasteiger partial charge in [0.1, 0.15) is 18.5 Å². The fraction of sp³-hybridized carbons (Fsp3) is 0.267. The van der Waals surface area contributed by atoms with Crippen molar-refractivity contribution in [3.8, 4) is 5.75 Å². The average molecular weight is 415 g/mol. The normalized spacial score (nSPS) is 12.3. The van der Waals surface area contributed by atoms with Gasteiger partial charge in [-0.05, 0) is 18.2 Å². The highest BCUT2D eigenvalue weighted by atomic mass is 35.5. The molecule has 0 aliphatic carbocycles. The summed E-state index contributed by atoms with van der Waals surface area (Å²) in [5.74, 6) is 5.92. The number of nitrogens with one attached hydrogen (secondary N) is 2. The highest BCUT2D eigenvalue weighted by Gasteiger charge is 2.19. The zero-order valence-corrected chi connectivity index (χ0v) is 15.6. The molecule has 0 saturated carbocycles. The standard InChI is InChI=1S/C15H16Cl2N6O4/c1-22-12-11(13(25)20-15(22)26)23(14(19-12)21-18)5-8(24)6-27-10-3-2-7(16)4-9(10)17/h2-4,8,24H,5-6,18H2,1H3,(H,19,21)(H,20,25,26)/t8-/m0/s1. The van der Waals surface area contributed by atoms with Crippen molar-refractivity contribution in [3.05, 3.63) is 49.1 Å². The Morgan fingerprint density at radius 3 is 2.81 bits per heavy atom. The van der Waals surface area contributed by atoms with Crippen molar-refractivity contribution in [2.24, 2.45) is 12.9 Å². The molecule has 0 aliphatic heterocycles. The number of aromatic amines is 1. The molecule has 0 aliphatic rings. The predicted octanol–water partition coefficient (Wildman–Crippen LogP) is 0.456. The summed E-state index contributed by atoms with van der Waals surface area (Å²) in [6.45, 7) is -0.183. The first-order valence-electron chi connectivity index (χ1n) is 7.74. The summed E-state index contributed by atoms with van der Waals surface area (Å²) in [4.78, 5) is 30.2. The number of nitrogens with zero attached hydrogens (tertiary/aromatic N) is 3. The van der Waals surface area contributed by atoms with Gasteiger partial charge in [0.05, 0.1) is 11.6 Å². The Bertz CT molecular complexity index is 1110. The SMILES string of the molecule is Cn1c(=O)[nH]c(=O)c2c1nc(NN)n2C[C@H](O)COc1ccc(Cl)cc1Cl. The molecular weight excluding hydrogens is 399 g/mol. The first kappa shape index (κ1) is 19.2. The Kier molecular flexibility index (Phi) is 5.42. The number of hydrogen-bond acceptors (Lipinski definition) is 7. The van der Waals surface area contributed by atoms with E-state index in [9.17, 15) is 14.7 Å². The molecule has 0 bridgehead atoms. The van der Waals surface area contributed by atoms with Crippen molar-refractivity contribution in [3.63, 3.8) is 0 Å². The van der Waals surface area contributed by atoms with Crippen LogP contribution >= 0.6 is 23.2 Å². The number of anilines is 1. The summed E-state index contributed by atoms with van der Waals surface area (Å²) in [7, 11) is 1.46. The lowest BCUT2D eigenvalue weighted by molar-refractivity contribution is 0.0939. The summed E-state index contributed by atoms with van der Waals surface area (Å²) in [5, 5.41) is 11.1. The third-order valence-corrected chi connectivity index (χ3v) is 4.39. The second-order valence-electron chi connectivity index (χ2n) is 5.72. The lowest BCUT2D eigenvalue weighted by Crippen LogP contribution is -2.31. The number of rotatable bonds is 6. The number of ether oxygens (including phenoxy) is 1. The van der Waals surface area contributed by atoms with E-state index in [0.29, 0.717) is 15.8 Å². The van der Waals surface area contributed by atoms with E-state index in [4.69, 9.17) is 33.8 Å². The molecule has 3 aromatic rings. The molecule has 2 aromatic heterocycles. The molecule has 12 heteroatoms. The number of aryl methyl sites for hydroxylation is 1. The predicted molar refractivity (Wildman–Crippen MR) is 101 cm³/mol. The number of hydrazine groups is 1. The molecule has 0 spiro atoms. The van der Waals surface area contributed by atoms with E-state index in [-0.39, 0.29) is 30.3 Å². The minimum absolute atomic E-state index is 0.0669. The highest BCUT2D eigenvalue weighted by molar-refractivity contribution is 6.35. The molecule has 0 fully saturated rings. The second-order valence-corrected chi connectivity index (χ2v) is 6.56. The number of benzene rings is 1. The molecule has 2 heterocycles. The fourth-order valence-electron chi connectivity index (χ4n) is 2.56. The number of nitrogen functional groups attached to an aromatic ring is 1. The first-order valence-corrected chi connectivity index (χ1v) is 8.49. The summed E-state index contributed by atoms with van der Waals surface area (Å²) in [6.07, 6.45) is -1.03. The van der Waals surface area contributed by atoms with E-state index in [1.165, 1.54) is 22.2 Å². The molecule has 144 valence electrons. The van der Waals surface area contributed by atoms with Gasteiger partial charge in [-0.2, -0.15) is 4.98 Å². The van der Waals surface area contributed by atoms with Gasteiger partial charge in [0.15, 0.2) is 11.2 Å². The number of hydrogen-bond donors (Lipinski definition) is 4. The van der Waals surface area contributed by atoms with Crippen LogP contribution < -0.4 is 27.3 Å². The number of aromatic nitrogens is 4. The maximum Gasteiger partial charge on any atom is 0.329 e. The van der Waals surface area contributed by atoms with Gasteiger partial charge in [-0.25, -0.2) is 10.6 Å². The van der Waals surface area contributed by atoms with Crippen LogP contribution in [0.4, 0.5) is 5.95 Å². The van der Waals surface area contributed by atoms with Gasteiger partial charge in [0, 0.05) is 12.1 Å². The Labute approximate surface area is 162 Å². The molecule has 1 aromatic carbocycles. The van der Waals surface area contributed by atoms with Gasteiger partial charge in [-0.15, -0.1) is 0 Å². The Hall–Kier alpha value is -2.53. The third kappa shape index (κ3) is 3.78. The van der Waals surface area contributed by atoms with Crippen molar-refractivity contribution in [2.45, 2.75) is 12.6 Å². The lowest BCUT2D eigenvalue weighted by atomic mass is 10.3. The minimum atomic E-state index is -1.03. The van der Waals surface area contributed by atoms with Gasteiger partial charge in [0.25, 0.3) is 5.56 Å². The Balaban J connectivity index is 1.86. The zero-order valence-electron chi connectivity index (χ0n) is 14.1. The number of H-pyrrole nitrogens is 1. The first-order chi connectivity index (χ1) is 12.8. The number of imidazole rings is 1. The van der Waals surface area contributed by atoms with Crippen LogP contribution in [0.15, 0.2) is 27.8 Å². The van der Waals surface area contributed by atoms with Gasteiger partial charge >= 0.3 is 5.69 Å². The molecule has 0 unspecified atom stereocenters. The molecule has 0 saturated heterocycles. The van der Waals surface area contributed by atoms with E-state index < -0.39 is 17.4 Å². The molecule has 0 radical (unpaired) electrons. The van der Waals surface area contributed by atoms with Crippen LogP contribution in [0.25, 0.3) is 11.2 Å². The summed E-state index contributed by atoms with van der Waals surface area (Å²) in [6, 6.07) is 4.71. The van der Waals surface area contributed by atoms with Gasteiger partial charge in [-0.3, -0.25) is 19.8 Å². The van der Waals surface area contributed by atoms with E-state index in [0.717, 1.165) is 0 Å². The van der Waals surface area contributed by atoms with Crippen molar-refractivity contribution in [1.29, 1.82) is 0 Å².